The molecule has 2 rings (SSSR count). The van der Waals surface area contributed by atoms with Crippen molar-refractivity contribution in [3.63, 3.8) is 0 Å². The van der Waals surface area contributed by atoms with Crippen LogP contribution >= 0.6 is 0 Å². The highest BCUT2D eigenvalue weighted by atomic mass is 16.5. The quantitative estimate of drug-likeness (QED) is 0.737. The predicted molar refractivity (Wildman–Crippen MR) is 100 cm³/mol. The molecule has 5 nitrogen and oxygen atoms in total. The van der Waals surface area contributed by atoms with Crippen LogP contribution in [0.1, 0.15) is 36.7 Å². The van der Waals surface area contributed by atoms with Gasteiger partial charge in [0.1, 0.15) is 11.8 Å². The summed E-state index contributed by atoms with van der Waals surface area (Å²) in [6, 6.07) is 15.6. The van der Waals surface area contributed by atoms with Crippen molar-refractivity contribution in [2.45, 2.75) is 39.3 Å². The van der Waals surface area contributed by atoms with Gasteiger partial charge in [-0.15, -0.1) is 0 Å². The number of hydrogen-bond acceptors (Lipinski definition) is 4. The molecule has 0 heterocycles. The fraction of sp³-hybridized carbons (Fsp3) is 0.333. The normalized spacial score (nSPS) is 11.7. The number of benzene rings is 2. The molecule has 0 spiro atoms. The summed E-state index contributed by atoms with van der Waals surface area (Å²) < 4.78 is 10.7. The minimum Gasteiger partial charge on any atom is -0.491 e. The lowest BCUT2D eigenvalue weighted by Crippen LogP contribution is -2.43. The Kier molecular flexibility index (Phi) is 7.21. The Labute approximate surface area is 154 Å². The number of ether oxygens (including phenoxy) is 2. The molecule has 0 aromatic heterocycles. The van der Waals surface area contributed by atoms with Crippen LogP contribution in [0.2, 0.25) is 0 Å². The zero-order valence-electron chi connectivity index (χ0n) is 15.4. The van der Waals surface area contributed by atoms with Gasteiger partial charge in [-0.05, 0) is 50.6 Å². The van der Waals surface area contributed by atoms with Gasteiger partial charge in [0.2, 0.25) is 0 Å². The number of hydrogen-bond donors (Lipinski definition) is 1. The lowest BCUT2D eigenvalue weighted by molar-refractivity contribution is -0.145. The molecular weight excluding hydrogens is 330 g/mol. The highest BCUT2D eigenvalue weighted by Crippen LogP contribution is 2.14. The van der Waals surface area contributed by atoms with E-state index < -0.39 is 12.0 Å². The molecule has 138 valence electrons. The number of amides is 1. The standard InChI is InChI=1S/C21H25NO4/c1-4-25-21(24)19(14-16-8-6-5-7-9-16)22-20(23)17-10-12-18(13-11-17)26-15(2)3/h5-13,15,19H,4,14H2,1-3H3,(H,22,23). The SMILES string of the molecule is CCOC(=O)C(Cc1ccccc1)NC(=O)c1ccc(OC(C)C)cc1. The summed E-state index contributed by atoms with van der Waals surface area (Å²) in [5.41, 5.74) is 1.41. The van der Waals surface area contributed by atoms with Crippen molar-refractivity contribution in [1.82, 2.24) is 5.32 Å². The van der Waals surface area contributed by atoms with Crippen molar-refractivity contribution in [2.24, 2.45) is 0 Å². The lowest BCUT2D eigenvalue weighted by atomic mass is 10.1. The summed E-state index contributed by atoms with van der Waals surface area (Å²) >= 11 is 0. The highest BCUT2D eigenvalue weighted by molar-refractivity contribution is 5.96. The molecule has 0 aliphatic rings. The molecule has 2 aromatic carbocycles. The molecule has 0 bridgehead atoms. The summed E-state index contributed by atoms with van der Waals surface area (Å²) in [4.78, 5) is 24.8. The summed E-state index contributed by atoms with van der Waals surface area (Å²) in [6.45, 7) is 5.89. The first-order chi connectivity index (χ1) is 12.5. The Hall–Kier alpha value is -2.82. The first-order valence-corrected chi connectivity index (χ1v) is 8.77. The zero-order valence-corrected chi connectivity index (χ0v) is 15.4. The van der Waals surface area contributed by atoms with E-state index in [4.69, 9.17) is 9.47 Å². The number of esters is 1. The summed E-state index contributed by atoms with van der Waals surface area (Å²) in [5.74, 6) is -0.0673. The predicted octanol–water partition coefficient (Wildman–Crippen LogP) is 3.38. The molecule has 0 aliphatic carbocycles. The van der Waals surface area contributed by atoms with Crippen LogP contribution in [0, 0.1) is 0 Å². The lowest BCUT2D eigenvalue weighted by Gasteiger charge is -2.18. The summed E-state index contributed by atoms with van der Waals surface area (Å²) in [6.07, 6.45) is 0.439. The first kappa shape index (κ1) is 19.5. The van der Waals surface area contributed by atoms with Crippen molar-refractivity contribution in [3.8, 4) is 5.75 Å². The van der Waals surface area contributed by atoms with Gasteiger partial charge in [-0.1, -0.05) is 30.3 Å². The van der Waals surface area contributed by atoms with Gasteiger partial charge >= 0.3 is 5.97 Å². The van der Waals surface area contributed by atoms with E-state index in [2.05, 4.69) is 5.32 Å². The molecule has 5 heteroatoms. The third-order valence-electron chi connectivity index (χ3n) is 3.65. The third kappa shape index (κ3) is 5.92. The first-order valence-electron chi connectivity index (χ1n) is 8.77. The van der Waals surface area contributed by atoms with Crippen molar-refractivity contribution in [3.05, 3.63) is 65.7 Å². The maximum Gasteiger partial charge on any atom is 0.328 e. The Morgan fingerprint density at radius 2 is 1.65 bits per heavy atom. The zero-order chi connectivity index (χ0) is 18.9. The van der Waals surface area contributed by atoms with Gasteiger partial charge < -0.3 is 14.8 Å². The van der Waals surface area contributed by atoms with Crippen LogP contribution in [0.25, 0.3) is 0 Å². The largest absolute Gasteiger partial charge is 0.491 e. The van der Waals surface area contributed by atoms with E-state index in [0.29, 0.717) is 17.7 Å². The maximum atomic E-state index is 12.5. The van der Waals surface area contributed by atoms with Gasteiger partial charge in [-0.2, -0.15) is 0 Å². The molecule has 1 unspecified atom stereocenters. The van der Waals surface area contributed by atoms with Crippen LogP contribution in [-0.2, 0) is 16.0 Å². The van der Waals surface area contributed by atoms with Crippen LogP contribution in [0.3, 0.4) is 0 Å². The summed E-state index contributed by atoms with van der Waals surface area (Å²) in [7, 11) is 0. The monoisotopic (exact) mass is 355 g/mol. The van der Waals surface area contributed by atoms with Gasteiger partial charge in [0.05, 0.1) is 12.7 Å². The van der Waals surface area contributed by atoms with E-state index in [-0.39, 0.29) is 18.6 Å². The molecule has 0 radical (unpaired) electrons. The number of rotatable bonds is 8. The molecule has 0 saturated heterocycles. The fourth-order valence-corrected chi connectivity index (χ4v) is 2.48. The van der Waals surface area contributed by atoms with Gasteiger partial charge in [0, 0.05) is 12.0 Å². The second-order valence-corrected chi connectivity index (χ2v) is 6.16. The molecule has 0 aliphatic heterocycles. The van der Waals surface area contributed by atoms with E-state index in [0.717, 1.165) is 5.56 Å². The van der Waals surface area contributed by atoms with E-state index in [1.54, 1.807) is 31.2 Å². The van der Waals surface area contributed by atoms with Crippen molar-refractivity contribution in [2.75, 3.05) is 6.61 Å². The Morgan fingerprint density at radius 3 is 2.23 bits per heavy atom. The molecule has 1 N–H and O–H groups in total. The van der Waals surface area contributed by atoms with Crippen molar-refractivity contribution < 1.29 is 19.1 Å². The Balaban J connectivity index is 2.08. The smallest absolute Gasteiger partial charge is 0.328 e. The summed E-state index contributed by atoms with van der Waals surface area (Å²) in [5, 5.41) is 2.77. The van der Waals surface area contributed by atoms with Gasteiger partial charge in [0.25, 0.3) is 5.91 Å². The molecule has 1 atom stereocenters. The molecule has 0 saturated carbocycles. The van der Waals surface area contributed by atoms with Crippen LogP contribution in [-0.4, -0.2) is 30.6 Å². The molecule has 26 heavy (non-hydrogen) atoms. The minimum atomic E-state index is -0.739. The molecular formula is C21H25NO4. The number of carbonyl (C=O) groups is 2. The highest BCUT2D eigenvalue weighted by Gasteiger charge is 2.23. The number of carbonyl (C=O) groups excluding carboxylic acids is 2. The molecule has 1 amide bonds. The van der Waals surface area contributed by atoms with Gasteiger partial charge in [-0.3, -0.25) is 4.79 Å². The van der Waals surface area contributed by atoms with Crippen LogP contribution in [0.4, 0.5) is 0 Å². The van der Waals surface area contributed by atoms with Crippen LogP contribution in [0.15, 0.2) is 54.6 Å². The van der Waals surface area contributed by atoms with E-state index in [9.17, 15) is 9.59 Å². The van der Waals surface area contributed by atoms with Gasteiger partial charge in [0.15, 0.2) is 0 Å². The van der Waals surface area contributed by atoms with Gasteiger partial charge in [-0.25, -0.2) is 4.79 Å². The van der Waals surface area contributed by atoms with Crippen LogP contribution in [0.5, 0.6) is 5.75 Å². The van der Waals surface area contributed by atoms with Crippen molar-refractivity contribution >= 4 is 11.9 Å². The molecule has 0 fully saturated rings. The topological polar surface area (TPSA) is 64.6 Å². The number of nitrogens with one attached hydrogen (secondary N) is 1. The Morgan fingerprint density at radius 1 is 1.00 bits per heavy atom. The van der Waals surface area contributed by atoms with E-state index in [1.807, 2.05) is 44.2 Å². The fourth-order valence-electron chi connectivity index (χ4n) is 2.48. The Bertz CT molecular complexity index is 711. The average Bonchev–Trinajstić information content (AvgIpc) is 2.62. The van der Waals surface area contributed by atoms with E-state index >= 15 is 0 Å². The van der Waals surface area contributed by atoms with Crippen LogP contribution < -0.4 is 10.1 Å². The average molecular weight is 355 g/mol. The maximum absolute atomic E-state index is 12.5. The minimum absolute atomic E-state index is 0.0637. The third-order valence-corrected chi connectivity index (χ3v) is 3.65. The second-order valence-electron chi connectivity index (χ2n) is 6.16. The van der Waals surface area contributed by atoms with Crippen molar-refractivity contribution in [1.29, 1.82) is 0 Å². The second kappa shape index (κ2) is 9.61. The van der Waals surface area contributed by atoms with E-state index in [1.165, 1.54) is 0 Å². The molecule has 2 aromatic rings.